The fourth-order valence-electron chi connectivity index (χ4n) is 2.52. The SMILES string of the molecule is CS(=O)(=O)c1ccc(/C=C/C(=O)Nc2cn(Cc3cccc(Cl)c3)cn2)cc1. The Bertz CT molecular complexity index is 1120. The van der Waals surface area contributed by atoms with Crippen molar-refractivity contribution in [2.24, 2.45) is 0 Å². The zero-order valence-corrected chi connectivity index (χ0v) is 16.6. The number of benzene rings is 2. The van der Waals surface area contributed by atoms with E-state index >= 15 is 0 Å². The molecule has 0 fully saturated rings. The van der Waals surface area contributed by atoms with Crippen LogP contribution in [0.5, 0.6) is 0 Å². The summed E-state index contributed by atoms with van der Waals surface area (Å²) in [6.45, 7) is 0.589. The largest absolute Gasteiger partial charge is 0.331 e. The number of hydrogen-bond acceptors (Lipinski definition) is 4. The van der Waals surface area contributed by atoms with Gasteiger partial charge in [-0.25, -0.2) is 13.4 Å². The highest BCUT2D eigenvalue weighted by molar-refractivity contribution is 7.90. The molecule has 28 heavy (non-hydrogen) atoms. The summed E-state index contributed by atoms with van der Waals surface area (Å²) >= 11 is 5.98. The minimum Gasteiger partial charge on any atom is -0.331 e. The number of nitrogens with zero attached hydrogens (tertiary/aromatic N) is 2. The van der Waals surface area contributed by atoms with Crippen molar-refractivity contribution in [3.8, 4) is 0 Å². The van der Waals surface area contributed by atoms with Crippen LogP contribution in [0.1, 0.15) is 11.1 Å². The third-order valence-corrected chi connectivity index (χ3v) is 5.24. The molecule has 0 aliphatic rings. The number of imidazole rings is 1. The number of hydrogen-bond donors (Lipinski definition) is 1. The molecule has 1 aromatic heterocycles. The Morgan fingerprint density at radius 3 is 2.64 bits per heavy atom. The summed E-state index contributed by atoms with van der Waals surface area (Å²) in [5, 5.41) is 3.35. The Kier molecular flexibility index (Phi) is 5.96. The Hall–Kier alpha value is -2.90. The molecule has 6 nitrogen and oxygen atoms in total. The summed E-state index contributed by atoms with van der Waals surface area (Å²) < 4.78 is 24.7. The summed E-state index contributed by atoms with van der Waals surface area (Å²) in [4.78, 5) is 16.5. The molecule has 0 spiro atoms. The van der Waals surface area contributed by atoms with Gasteiger partial charge in [0.15, 0.2) is 15.7 Å². The maximum atomic E-state index is 12.1. The second-order valence-electron chi connectivity index (χ2n) is 6.22. The van der Waals surface area contributed by atoms with Crippen LogP contribution < -0.4 is 5.32 Å². The van der Waals surface area contributed by atoms with Crippen LogP contribution in [0.3, 0.4) is 0 Å². The number of aromatic nitrogens is 2. The van der Waals surface area contributed by atoms with Crippen LogP contribution in [0.2, 0.25) is 5.02 Å². The molecular weight excluding hydrogens is 398 g/mol. The molecule has 1 N–H and O–H groups in total. The minimum atomic E-state index is -3.24. The number of halogens is 1. The number of carbonyl (C=O) groups excluding carboxylic acids is 1. The summed E-state index contributed by atoms with van der Waals surface area (Å²) in [6, 6.07) is 13.8. The van der Waals surface area contributed by atoms with E-state index in [4.69, 9.17) is 11.6 Å². The van der Waals surface area contributed by atoms with Gasteiger partial charge in [-0.05, 0) is 41.5 Å². The van der Waals surface area contributed by atoms with Crippen molar-refractivity contribution in [3.05, 3.63) is 83.3 Å². The van der Waals surface area contributed by atoms with E-state index in [1.54, 1.807) is 30.7 Å². The summed E-state index contributed by atoms with van der Waals surface area (Å²) in [7, 11) is -3.24. The molecule has 3 rings (SSSR count). The van der Waals surface area contributed by atoms with Gasteiger partial charge in [-0.2, -0.15) is 0 Å². The molecule has 0 saturated heterocycles. The first-order valence-electron chi connectivity index (χ1n) is 8.35. The molecule has 0 atom stereocenters. The molecule has 1 amide bonds. The molecule has 3 aromatic rings. The molecule has 144 valence electrons. The third-order valence-electron chi connectivity index (χ3n) is 3.87. The molecular formula is C20H18ClN3O3S. The van der Waals surface area contributed by atoms with Gasteiger partial charge in [0.25, 0.3) is 0 Å². The average molecular weight is 416 g/mol. The Balaban J connectivity index is 1.59. The second-order valence-corrected chi connectivity index (χ2v) is 8.68. The monoisotopic (exact) mass is 415 g/mol. The zero-order valence-electron chi connectivity index (χ0n) is 15.0. The molecule has 0 saturated carbocycles. The topological polar surface area (TPSA) is 81.1 Å². The van der Waals surface area contributed by atoms with E-state index in [9.17, 15) is 13.2 Å². The maximum absolute atomic E-state index is 12.1. The van der Waals surface area contributed by atoms with Gasteiger partial charge < -0.3 is 9.88 Å². The van der Waals surface area contributed by atoms with Crippen molar-refractivity contribution in [2.75, 3.05) is 11.6 Å². The lowest BCUT2D eigenvalue weighted by Gasteiger charge is -2.02. The normalized spacial score (nSPS) is 11.6. The van der Waals surface area contributed by atoms with E-state index in [0.29, 0.717) is 22.9 Å². The lowest BCUT2D eigenvalue weighted by Crippen LogP contribution is -2.08. The van der Waals surface area contributed by atoms with E-state index in [1.165, 1.54) is 18.2 Å². The fraction of sp³-hybridized carbons (Fsp3) is 0.100. The van der Waals surface area contributed by atoms with Gasteiger partial charge in [-0.3, -0.25) is 4.79 Å². The number of carbonyl (C=O) groups is 1. The number of amides is 1. The molecule has 2 aromatic carbocycles. The van der Waals surface area contributed by atoms with Gasteiger partial charge >= 0.3 is 0 Å². The highest BCUT2D eigenvalue weighted by Crippen LogP contribution is 2.14. The van der Waals surface area contributed by atoms with Crippen molar-refractivity contribution >= 4 is 39.2 Å². The lowest BCUT2D eigenvalue weighted by molar-refractivity contribution is -0.111. The standard InChI is InChI=1S/C20H18ClN3O3S/c1-28(26,27)18-8-5-15(6-9-18)7-10-20(25)23-19-13-24(14-22-19)12-16-3-2-4-17(21)11-16/h2-11,13-14H,12H2,1H3,(H,23,25)/b10-7+. The van der Waals surface area contributed by atoms with Gasteiger partial charge in [0.05, 0.1) is 11.2 Å². The van der Waals surface area contributed by atoms with Gasteiger partial charge in [0.2, 0.25) is 5.91 Å². The highest BCUT2D eigenvalue weighted by atomic mass is 35.5. The smallest absolute Gasteiger partial charge is 0.249 e. The van der Waals surface area contributed by atoms with Crippen LogP contribution in [0.4, 0.5) is 5.82 Å². The van der Waals surface area contributed by atoms with Crippen LogP contribution in [-0.4, -0.2) is 30.1 Å². The second kappa shape index (κ2) is 8.41. The van der Waals surface area contributed by atoms with Crippen molar-refractivity contribution in [2.45, 2.75) is 11.4 Å². The Morgan fingerprint density at radius 1 is 1.21 bits per heavy atom. The van der Waals surface area contributed by atoms with Gasteiger partial charge in [0, 0.05) is 30.1 Å². The summed E-state index contributed by atoms with van der Waals surface area (Å²) in [5.41, 5.74) is 1.74. The first-order valence-corrected chi connectivity index (χ1v) is 10.6. The number of sulfone groups is 1. The molecule has 0 unspecified atom stereocenters. The maximum Gasteiger partial charge on any atom is 0.249 e. The minimum absolute atomic E-state index is 0.236. The lowest BCUT2D eigenvalue weighted by atomic mass is 10.2. The molecule has 8 heteroatoms. The predicted molar refractivity (Wildman–Crippen MR) is 110 cm³/mol. The fourth-order valence-corrected chi connectivity index (χ4v) is 3.37. The van der Waals surface area contributed by atoms with E-state index in [-0.39, 0.29) is 10.8 Å². The van der Waals surface area contributed by atoms with Crippen molar-refractivity contribution < 1.29 is 13.2 Å². The summed E-state index contributed by atoms with van der Waals surface area (Å²) in [6.07, 6.45) is 7.48. The predicted octanol–water partition coefficient (Wildman–Crippen LogP) is 3.64. The van der Waals surface area contributed by atoms with E-state index in [1.807, 2.05) is 28.8 Å². The van der Waals surface area contributed by atoms with Crippen molar-refractivity contribution in [3.63, 3.8) is 0 Å². The van der Waals surface area contributed by atoms with Crippen LogP contribution in [-0.2, 0) is 21.2 Å². The molecule has 0 aliphatic carbocycles. The van der Waals surface area contributed by atoms with Gasteiger partial charge in [-0.15, -0.1) is 0 Å². The van der Waals surface area contributed by atoms with Crippen LogP contribution >= 0.6 is 11.6 Å². The summed E-state index contributed by atoms with van der Waals surface area (Å²) in [5.74, 6) is 0.101. The zero-order chi connectivity index (χ0) is 20.1. The molecule has 0 bridgehead atoms. The Labute approximate surface area is 168 Å². The number of anilines is 1. The quantitative estimate of drug-likeness (QED) is 0.623. The van der Waals surface area contributed by atoms with E-state index in [2.05, 4.69) is 10.3 Å². The third kappa shape index (κ3) is 5.55. The van der Waals surface area contributed by atoms with Gasteiger partial charge in [0.1, 0.15) is 0 Å². The highest BCUT2D eigenvalue weighted by Gasteiger charge is 2.06. The average Bonchev–Trinajstić information content (AvgIpc) is 3.06. The number of nitrogens with one attached hydrogen (secondary N) is 1. The van der Waals surface area contributed by atoms with Crippen molar-refractivity contribution in [1.29, 1.82) is 0 Å². The molecule has 0 radical (unpaired) electrons. The van der Waals surface area contributed by atoms with Crippen LogP contribution in [0.15, 0.2) is 72.0 Å². The first kappa shape index (κ1) is 19.9. The van der Waals surface area contributed by atoms with Crippen molar-refractivity contribution in [1.82, 2.24) is 9.55 Å². The van der Waals surface area contributed by atoms with Crippen LogP contribution in [0.25, 0.3) is 6.08 Å². The molecule has 0 aliphatic heterocycles. The Morgan fingerprint density at radius 2 is 1.96 bits per heavy atom. The first-order chi connectivity index (χ1) is 13.3. The number of rotatable bonds is 6. The van der Waals surface area contributed by atoms with E-state index < -0.39 is 9.84 Å². The van der Waals surface area contributed by atoms with E-state index in [0.717, 1.165) is 11.8 Å². The van der Waals surface area contributed by atoms with Gasteiger partial charge in [-0.1, -0.05) is 35.9 Å². The van der Waals surface area contributed by atoms with Crippen LogP contribution in [0, 0.1) is 0 Å². The molecule has 1 heterocycles.